The molecule has 14 heavy (non-hydrogen) atoms. The fourth-order valence-corrected chi connectivity index (χ4v) is 1.71. The van der Waals surface area contributed by atoms with Gasteiger partial charge >= 0.3 is 0 Å². The molecule has 0 saturated carbocycles. The van der Waals surface area contributed by atoms with E-state index in [1.54, 1.807) is 0 Å². The maximum Gasteiger partial charge on any atom is 0.142 e. The molecule has 1 aromatic rings. The maximum absolute atomic E-state index is 5.73. The molecule has 0 aliphatic rings. The quantitative estimate of drug-likeness (QED) is 0.580. The van der Waals surface area contributed by atoms with Gasteiger partial charge in [0.25, 0.3) is 0 Å². The van der Waals surface area contributed by atoms with Crippen LogP contribution >= 0.6 is 11.8 Å². The van der Waals surface area contributed by atoms with Gasteiger partial charge in [-0.1, -0.05) is 19.1 Å². The number of nitrogen functional groups attached to an aromatic ring is 1. The minimum Gasteiger partial charge on any atom is -0.491 e. The van der Waals surface area contributed by atoms with Crippen molar-refractivity contribution >= 4 is 17.4 Å². The Morgan fingerprint density at radius 3 is 2.86 bits per heavy atom. The van der Waals surface area contributed by atoms with Gasteiger partial charge in [0, 0.05) is 0 Å². The zero-order valence-corrected chi connectivity index (χ0v) is 9.35. The van der Waals surface area contributed by atoms with Gasteiger partial charge in [0.15, 0.2) is 0 Å². The first-order chi connectivity index (χ1) is 6.84. The van der Waals surface area contributed by atoms with E-state index < -0.39 is 0 Å². The van der Waals surface area contributed by atoms with Crippen molar-refractivity contribution in [1.82, 2.24) is 0 Å². The van der Waals surface area contributed by atoms with Crippen LogP contribution in [0.3, 0.4) is 0 Å². The Kier molecular flexibility index (Phi) is 5.30. The predicted molar refractivity (Wildman–Crippen MR) is 64.0 cm³/mol. The number of ether oxygens (including phenoxy) is 1. The SMILES string of the molecule is CCSCCCOc1ccccc1N. The smallest absolute Gasteiger partial charge is 0.142 e. The average Bonchev–Trinajstić information content (AvgIpc) is 2.20. The van der Waals surface area contributed by atoms with Crippen LogP contribution in [0.4, 0.5) is 5.69 Å². The van der Waals surface area contributed by atoms with Crippen LogP contribution < -0.4 is 10.5 Å². The largest absolute Gasteiger partial charge is 0.491 e. The summed E-state index contributed by atoms with van der Waals surface area (Å²) in [5.74, 6) is 3.13. The molecule has 0 aliphatic carbocycles. The molecule has 0 bridgehead atoms. The summed E-state index contributed by atoms with van der Waals surface area (Å²) in [6.07, 6.45) is 1.08. The van der Waals surface area contributed by atoms with Crippen LogP contribution in [0.25, 0.3) is 0 Å². The van der Waals surface area contributed by atoms with E-state index in [0.717, 1.165) is 30.2 Å². The van der Waals surface area contributed by atoms with Crippen molar-refractivity contribution in [1.29, 1.82) is 0 Å². The number of thioether (sulfide) groups is 1. The van der Waals surface area contributed by atoms with Crippen LogP contribution in [0.1, 0.15) is 13.3 Å². The molecule has 0 atom stereocenters. The van der Waals surface area contributed by atoms with Crippen LogP contribution in [0.5, 0.6) is 5.75 Å². The summed E-state index contributed by atoms with van der Waals surface area (Å²) < 4.78 is 5.55. The highest BCUT2D eigenvalue weighted by atomic mass is 32.2. The Morgan fingerprint density at radius 1 is 1.36 bits per heavy atom. The number of anilines is 1. The number of benzene rings is 1. The molecule has 1 aromatic carbocycles. The van der Waals surface area contributed by atoms with Gasteiger partial charge in [-0.15, -0.1) is 0 Å². The number of nitrogens with two attached hydrogens (primary N) is 1. The fraction of sp³-hybridized carbons (Fsp3) is 0.455. The van der Waals surface area contributed by atoms with Crippen molar-refractivity contribution in [3.63, 3.8) is 0 Å². The van der Waals surface area contributed by atoms with Gasteiger partial charge < -0.3 is 10.5 Å². The first-order valence-electron chi connectivity index (χ1n) is 4.89. The molecule has 0 amide bonds. The van der Waals surface area contributed by atoms with Crippen LogP contribution in [-0.4, -0.2) is 18.1 Å². The number of rotatable bonds is 6. The molecule has 2 nitrogen and oxygen atoms in total. The molecule has 0 aromatic heterocycles. The topological polar surface area (TPSA) is 35.2 Å². The lowest BCUT2D eigenvalue weighted by Gasteiger charge is -2.07. The highest BCUT2D eigenvalue weighted by Gasteiger charge is 1.97. The third-order valence-electron chi connectivity index (χ3n) is 1.81. The summed E-state index contributed by atoms with van der Waals surface area (Å²) in [7, 11) is 0. The van der Waals surface area contributed by atoms with Gasteiger partial charge in [-0.2, -0.15) is 11.8 Å². The van der Waals surface area contributed by atoms with E-state index in [1.807, 2.05) is 36.0 Å². The minimum absolute atomic E-state index is 0.718. The lowest BCUT2D eigenvalue weighted by Crippen LogP contribution is -2.01. The van der Waals surface area contributed by atoms with E-state index in [1.165, 1.54) is 5.75 Å². The lowest BCUT2D eigenvalue weighted by molar-refractivity contribution is 0.320. The minimum atomic E-state index is 0.718. The van der Waals surface area contributed by atoms with Gasteiger partial charge in [0.2, 0.25) is 0 Å². The number of para-hydroxylation sites is 2. The van der Waals surface area contributed by atoms with Gasteiger partial charge in [-0.25, -0.2) is 0 Å². The van der Waals surface area contributed by atoms with Crippen molar-refractivity contribution in [2.45, 2.75) is 13.3 Å². The Morgan fingerprint density at radius 2 is 2.14 bits per heavy atom. The predicted octanol–water partition coefficient (Wildman–Crippen LogP) is 2.79. The van der Waals surface area contributed by atoms with Crippen LogP contribution in [0.2, 0.25) is 0 Å². The van der Waals surface area contributed by atoms with Crippen LogP contribution in [-0.2, 0) is 0 Å². The number of hydrogen-bond acceptors (Lipinski definition) is 3. The molecule has 2 N–H and O–H groups in total. The summed E-state index contributed by atoms with van der Waals surface area (Å²) in [5.41, 5.74) is 6.45. The molecule has 0 heterocycles. The van der Waals surface area contributed by atoms with E-state index in [2.05, 4.69) is 6.92 Å². The van der Waals surface area contributed by atoms with Crippen molar-refractivity contribution < 1.29 is 4.74 Å². The Hall–Kier alpha value is -0.830. The molecule has 0 unspecified atom stereocenters. The molecule has 1 rings (SSSR count). The van der Waals surface area contributed by atoms with Gasteiger partial charge in [-0.3, -0.25) is 0 Å². The third-order valence-corrected chi connectivity index (χ3v) is 2.80. The zero-order valence-electron chi connectivity index (χ0n) is 8.53. The summed E-state index contributed by atoms with van der Waals surface area (Å²) >= 11 is 1.94. The van der Waals surface area contributed by atoms with Gasteiger partial charge in [-0.05, 0) is 30.1 Å². The summed E-state index contributed by atoms with van der Waals surface area (Å²) in [5, 5.41) is 0. The normalized spacial score (nSPS) is 10.1. The summed E-state index contributed by atoms with van der Waals surface area (Å²) in [6.45, 7) is 2.92. The summed E-state index contributed by atoms with van der Waals surface area (Å²) in [6, 6.07) is 7.61. The van der Waals surface area contributed by atoms with E-state index in [9.17, 15) is 0 Å². The van der Waals surface area contributed by atoms with Crippen LogP contribution in [0, 0.1) is 0 Å². The molecule has 0 saturated heterocycles. The van der Waals surface area contributed by atoms with E-state index in [-0.39, 0.29) is 0 Å². The molecular weight excluding hydrogens is 194 g/mol. The van der Waals surface area contributed by atoms with Crippen molar-refractivity contribution in [3.05, 3.63) is 24.3 Å². The molecule has 0 aliphatic heterocycles. The summed E-state index contributed by atoms with van der Waals surface area (Å²) in [4.78, 5) is 0. The van der Waals surface area contributed by atoms with Crippen molar-refractivity contribution in [2.75, 3.05) is 23.8 Å². The first kappa shape index (κ1) is 11.2. The molecule has 0 radical (unpaired) electrons. The second-order valence-corrected chi connectivity index (χ2v) is 4.33. The maximum atomic E-state index is 5.73. The monoisotopic (exact) mass is 211 g/mol. The second kappa shape index (κ2) is 6.60. The van der Waals surface area contributed by atoms with Crippen molar-refractivity contribution in [3.8, 4) is 5.75 Å². The molecule has 78 valence electrons. The highest BCUT2D eigenvalue weighted by molar-refractivity contribution is 7.99. The second-order valence-electron chi connectivity index (χ2n) is 2.94. The van der Waals surface area contributed by atoms with Gasteiger partial charge in [0.05, 0.1) is 12.3 Å². The lowest BCUT2D eigenvalue weighted by atomic mass is 10.3. The fourth-order valence-electron chi connectivity index (χ4n) is 1.10. The molecular formula is C11H17NOS. The van der Waals surface area contributed by atoms with Crippen molar-refractivity contribution in [2.24, 2.45) is 0 Å². The Balaban J connectivity index is 2.21. The van der Waals surface area contributed by atoms with E-state index >= 15 is 0 Å². The average molecular weight is 211 g/mol. The molecule has 0 spiro atoms. The Labute approximate surface area is 89.8 Å². The zero-order chi connectivity index (χ0) is 10.2. The standard InChI is InChI=1S/C11H17NOS/c1-2-14-9-5-8-13-11-7-4-3-6-10(11)12/h3-4,6-7H,2,5,8-9,12H2,1H3. The van der Waals surface area contributed by atoms with E-state index in [4.69, 9.17) is 10.5 Å². The Bertz CT molecular complexity index is 265. The van der Waals surface area contributed by atoms with Crippen LogP contribution in [0.15, 0.2) is 24.3 Å². The number of hydrogen-bond donors (Lipinski definition) is 1. The first-order valence-corrected chi connectivity index (χ1v) is 6.05. The molecule has 3 heteroatoms. The highest BCUT2D eigenvalue weighted by Crippen LogP contribution is 2.19. The van der Waals surface area contributed by atoms with Gasteiger partial charge in [0.1, 0.15) is 5.75 Å². The third kappa shape index (κ3) is 3.92. The molecule has 0 fully saturated rings. The van der Waals surface area contributed by atoms with E-state index in [0.29, 0.717) is 0 Å².